The van der Waals surface area contributed by atoms with Crippen molar-refractivity contribution in [2.24, 2.45) is 4.99 Å². The van der Waals surface area contributed by atoms with Crippen molar-refractivity contribution in [1.82, 2.24) is 24.9 Å². The predicted molar refractivity (Wildman–Crippen MR) is 142 cm³/mol. The molecular weight excluding hydrogens is 516 g/mol. The monoisotopic (exact) mass is 550 g/mol. The Kier molecular flexibility index (Phi) is 13.5. The number of carboxylic acids is 3. The molecule has 1 aromatic carbocycles. The van der Waals surface area contributed by atoms with Crippen molar-refractivity contribution in [3.63, 3.8) is 0 Å². The van der Waals surface area contributed by atoms with Gasteiger partial charge < -0.3 is 20.6 Å². The van der Waals surface area contributed by atoms with Crippen molar-refractivity contribution < 1.29 is 34.5 Å². The van der Waals surface area contributed by atoms with Crippen LogP contribution in [0.1, 0.15) is 5.56 Å². The van der Waals surface area contributed by atoms with Crippen molar-refractivity contribution in [2.75, 3.05) is 78.5 Å². The fourth-order valence-electron chi connectivity index (χ4n) is 3.99. The number of amides is 1. The number of aliphatic imine (C=N–C) groups is 1. The lowest BCUT2D eigenvalue weighted by atomic mass is 10.2. The van der Waals surface area contributed by atoms with Gasteiger partial charge in [-0.05, 0) is 29.9 Å². The maximum Gasteiger partial charge on any atom is 0.317 e. The molecule has 13 nitrogen and oxygen atoms in total. The summed E-state index contributed by atoms with van der Waals surface area (Å²) in [5, 5.41) is 33.0. The van der Waals surface area contributed by atoms with E-state index in [4.69, 9.17) is 0 Å². The number of carboxylic acid groups (broad SMARTS) is 3. The highest BCUT2D eigenvalue weighted by Gasteiger charge is 2.21. The van der Waals surface area contributed by atoms with E-state index in [0.29, 0.717) is 64.6 Å². The van der Waals surface area contributed by atoms with E-state index in [-0.39, 0.29) is 32.1 Å². The highest BCUT2D eigenvalue weighted by molar-refractivity contribution is 7.78. The minimum Gasteiger partial charge on any atom is -0.480 e. The number of aliphatic carboxylic acids is 3. The number of benzene rings is 1. The van der Waals surface area contributed by atoms with E-state index in [1.165, 1.54) is 0 Å². The summed E-state index contributed by atoms with van der Waals surface area (Å²) in [6.07, 6.45) is 0. The molecule has 0 radical (unpaired) electrons. The number of hydrogen-bond donors (Lipinski definition) is 4. The number of thiocarbonyl (C=S) groups is 1. The zero-order valence-corrected chi connectivity index (χ0v) is 21.9. The second-order valence-corrected chi connectivity index (χ2v) is 9.11. The number of carbonyl (C=O) groups is 4. The van der Waals surface area contributed by atoms with Crippen molar-refractivity contribution in [3.05, 3.63) is 29.8 Å². The predicted octanol–water partition coefficient (Wildman–Crippen LogP) is -0.487. The van der Waals surface area contributed by atoms with Crippen LogP contribution in [0.3, 0.4) is 0 Å². The van der Waals surface area contributed by atoms with E-state index in [2.05, 4.69) is 27.7 Å². The summed E-state index contributed by atoms with van der Waals surface area (Å²) in [7, 11) is 0. The van der Waals surface area contributed by atoms with Crippen molar-refractivity contribution >= 4 is 46.9 Å². The van der Waals surface area contributed by atoms with Gasteiger partial charge in [0.05, 0.1) is 37.0 Å². The zero-order chi connectivity index (χ0) is 27.9. The second kappa shape index (κ2) is 16.6. The van der Waals surface area contributed by atoms with Crippen LogP contribution in [0.15, 0.2) is 29.3 Å². The fraction of sp³-hybridized carbons (Fsp3) is 0.542. The molecule has 2 rings (SSSR count). The summed E-state index contributed by atoms with van der Waals surface area (Å²) in [5.41, 5.74) is 1.54. The minimum absolute atomic E-state index is 0.0558. The molecule has 1 aliphatic rings. The molecule has 0 unspecified atom stereocenters. The quantitative estimate of drug-likeness (QED) is 0.207. The van der Waals surface area contributed by atoms with E-state index in [9.17, 15) is 34.5 Å². The first-order valence-electron chi connectivity index (χ1n) is 12.1. The molecule has 208 valence electrons. The molecule has 0 saturated carbocycles. The number of carbonyl (C=O) groups excluding carboxylic acids is 1. The van der Waals surface area contributed by atoms with Gasteiger partial charge in [-0.25, -0.2) is 0 Å². The third kappa shape index (κ3) is 12.8. The molecule has 1 aliphatic heterocycles. The van der Waals surface area contributed by atoms with Gasteiger partial charge in [0.1, 0.15) is 0 Å². The number of rotatable bonds is 11. The number of hydrogen-bond acceptors (Lipinski definition) is 10. The van der Waals surface area contributed by atoms with E-state index < -0.39 is 17.9 Å². The largest absolute Gasteiger partial charge is 0.480 e. The Balaban J connectivity index is 2.06. The van der Waals surface area contributed by atoms with Crippen LogP contribution in [0.2, 0.25) is 0 Å². The van der Waals surface area contributed by atoms with Gasteiger partial charge >= 0.3 is 17.9 Å². The van der Waals surface area contributed by atoms with Crippen LogP contribution in [0.4, 0.5) is 5.69 Å². The maximum absolute atomic E-state index is 12.7. The Hall–Kier alpha value is -3.26. The molecule has 0 aliphatic carbocycles. The molecular formula is C24H34N6O7S. The first kappa shape index (κ1) is 31.0. The van der Waals surface area contributed by atoms with Crippen LogP contribution >= 0.6 is 12.2 Å². The molecule has 0 bridgehead atoms. The normalized spacial score (nSPS) is 16.9. The summed E-state index contributed by atoms with van der Waals surface area (Å²) in [4.78, 5) is 57.6. The van der Waals surface area contributed by atoms with E-state index >= 15 is 0 Å². The van der Waals surface area contributed by atoms with E-state index in [1.54, 1.807) is 26.8 Å². The molecule has 1 fully saturated rings. The van der Waals surface area contributed by atoms with E-state index in [0.717, 1.165) is 5.56 Å². The molecule has 1 saturated heterocycles. The lowest BCUT2D eigenvalue weighted by Gasteiger charge is -2.32. The summed E-state index contributed by atoms with van der Waals surface area (Å²) in [5.74, 6) is -3.23. The number of isothiocyanates is 1. The lowest BCUT2D eigenvalue weighted by molar-refractivity contribution is -0.140. The maximum atomic E-state index is 12.7. The van der Waals surface area contributed by atoms with Gasteiger partial charge in [0, 0.05) is 58.9 Å². The molecule has 1 amide bonds. The fourth-order valence-corrected chi connectivity index (χ4v) is 4.09. The Morgan fingerprint density at radius 2 is 1.08 bits per heavy atom. The van der Waals surface area contributed by atoms with Crippen LogP contribution < -0.4 is 5.32 Å². The Morgan fingerprint density at radius 1 is 0.711 bits per heavy atom. The van der Waals surface area contributed by atoms with Crippen LogP contribution in [0.5, 0.6) is 0 Å². The number of nitrogens with one attached hydrogen (secondary N) is 1. The zero-order valence-electron chi connectivity index (χ0n) is 21.1. The topological polar surface area (TPSA) is 166 Å². The third-order valence-electron chi connectivity index (χ3n) is 5.97. The average Bonchev–Trinajstić information content (AvgIpc) is 2.84. The molecule has 0 spiro atoms. The van der Waals surface area contributed by atoms with Gasteiger partial charge in [-0.15, -0.1) is 0 Å². The molecule has 0 aromatic heterocycles. The summed E-state index contributed by atoms with van der Waals surface area (Å²) in [6, 6.07) is 7.18. The highest BCUT2D eigenvalue weighted by atomic mass is 32.1. The molecule has 14 heteroatoms. The molecule has 4 N–H and O–H groups in total. The van der Waals surface area contributed by atoms with E-state index in [1.807, 2.05) is 17.0 Å². The molecule has 1 heterocycles. The Labute approximate surface area is 226 Å². The first-order chi connectivity index (χ1) is 18.1. The van der Waals surface area contributed by atoms with Crippen molar-refractivity contribution in [2.45, 2.75) is 6.54 Å². The smallest absolute Gasteiger partial charge is 0.317 e. The van der Waals surface area contributed by atoms with Gasteiger partial charge in [0.2, 0.25) is 5.91 Å². The van der Waals surface area contributed by atoms with Crippen LogP contribution in [0.25, 0.3) is 0 Å². The van der Waals surface area contributed by atoms with Crippen molar-refractivity contribution in [3.8, 4) is 0 Å². The Bertz CT molecular complexity index is 970. The molecule has 1 aromatic rings. The summed E-state index contributed by atoms with van der Waals surface area (Å²) < 4.78 is 0. The summed E-state index contributed by atoms with van der Waals surface area (Å²) >= 11 is 4.59. The average molecular weight is 551 g/mol. The molecule has 38 heavy (non-hydrogen) atoms. The number of nitrogens with zero attached hydrogens (tertiary/aromatic N) is 5. The SMILES string of the molecule is O=C(O)CN1CCN(CC(=O)O)CCN(CC(=O)NCc2ccc(N=C=S)cc2)CCN(CC(=O)O)CC1. The van der Waals surface area contributed by atoms with Crippen LogP contribution in [0, 0.1) is 0 Å². The van der Waals surface area contributed by atoms with Gasteiger partial charge in [-0.2, -0.15) is 4.99 Å². The van der Waals surface area contributed by atoms with Crippen LogP contribution in [-0.2, 0) is 25.7 Å². The van der Waals surface area contributed by atoms with Crippen molar-refractivity contribution in [1.29, 1.82) is 0 Å². The highest BCUT2D eigenvalue weighted by Crippen LogP contribution is 2.12. The van der Waals surface area contributed by atoms with Gasteiger partial charge in [-0.3, -0.25) is 38.8 Å². The summed E-state index contributed by atoms with van der Waals surface area (Å²) in [6.45, 7) is 2.44. The third-order valence-corrected chi connectivity index (χ3v) is 6.07. The van der Waals surface area contributed by atoms with Crippen LogP contribution in [-0.4, -0.2) is 142 Å². The molecule has 0 atom stereocenters. The lowest BCUT2D eigenvalue weighted by Crippen LogP contribution is -2.49. The van der Waals surface area contributed by atoms with Gasteiger partial charge in [0.25, 0.3) is 0 Å². The minimum atomic E-state index is -1.01. The van der Waals surface area contributed by atoms with Gasteiger partial charge in [-0.1, -0.05) is 12.1 Å². The van der Waals surface area contributed by atoms with Gasteiger partial charge in [0.15, 0.2) is 0 Å². The Morgan fingerprint density at radius 3 is 1.42 bits per heavy atom. The first-order valence-corrected chi connectivity index (χ1v) is 12.5. The second-order valence-electron chi connectivity index (χ2n) is 8.93. The standard InChI is InChI=1S/C24H34N6O7S/c31-21(25-13-19-1-3-20(4-2-19)26-18-38)14-27-5-7-28(15-22(32)33)9-11-30(17-24(36)37)12-10-29(8-6-27)16-23(34)35/h1-4H,5-17H2,(H,25,31)(H,32,33)(H,34,35)(H,36,37).